The maximum Gasteiger partial charge on any atom is 0.296 e. The maximum absolute atomic E-state index is 11.6. The van der Waals surface area contributed by atoms with Crippen LogP contribution in [0.2, 0.25) is 0 Å². The third-order valence-electron chi connectivity index (χ3n) is 2.66. The molecule has 2 aromatic rings. The van der Waals surface area contributed by atoms with Crippen LogP contribution in [-0.2, 0) is 20.3 Å². The topological polar surface area (TPSA) is 96.2 Å². The summed E-state index contributed by atoms with van der Waals surface area (Å²) < 4.78 is 34.6. The predicted octanol–water partition coefficient (Wildman–Crippen LogP) is 0.923. The van der Waals surface area contributed by atoms with Crippen molar-refractivity contribution in [2.45, 2.75) is 11.7 Å². The highest BCUT2D eigenvalue weighted by Gasteiger charge is 2.24. The van der Waals surface area contributed by atoms with Crippen molar-refractivity contribution in [1.29, 1.82) is 0 Å². The molecule has 0 unspecified atom stereocenters. The minimum absolute atomic E-state index is 0.220. The Hall–Kier alpha value is -1.71. The van der Waals surface area contributed by atoms with Crippen LogP contribution in [0.1, 0.15) is 0 Å². The Balaban J connectivity index is 2.61. The summed E-state index contributed by atoms with van der Waals surface area (Å²) in [6.45, 7) is 0.491. The summed E-state index contributed by atoms with van der Waals surface area (Å²) in [5, 5.41) is 7.19. The van der Waals surface area contributed by atoms with E-state index in [1.165, 1.54) is 18.8 Å². The molecule has 0 radical (unpaired) electrons. The Bertz CT molecular complexity index is 732. The van der Waals surface area contributed by atoms with E-state index < -0.39 is 9.05 Å². The van der Waals surface area contributed by atoms with E-state index in [-0.39, 0.29) is 24.1 Å². The average Bonchev–Trinajstić information content (AvgIpc) is 2.88. The molecule has 2 rings (SSSR count). The zero-order valence-electron chi connectivity index (χ0n) is 11.4. The van der Waals surface area contributed by atoms with Gasteiger partial charge in [-0.1, -0.05) is 0 Å². The number of hydrogen-bond donors (Lipinski definition) is 0. The Labute approximate surface area is 126 Å². The number of rotatable bonds is 6. The molecule has 2 heterocycles. The van der Waals surface area contributed by atoms with Gasteiger partial charge in [-0.3, -0.25) is 4.57 Å². The van der Waals surface area contributed by atoms with Gasteiger partial charge in [0.05, 0.1) is 25.8 Å². The normalized spacial score (nSPS) is 11.6. The van der Waals surface area contributed by atoms with Gasteiger partial charge in [-0.05, 0) is 12.1 Å². The standard InChI is InChI=1S/C11H13ClN4O4S/c1-19-7-6-16-9(14-15-11(16)21(12,17)18)8-4-3-5-13-10(8)20-2/h3-5H,6-7H2,1-2H3. The van der Waals surface area contributed by atoms with Crippen molar-refractivity contribution >= 4 is 19.7 Å². The molecule has 8 nitrogen and oxygen atoms in total. The molecule has 21 heavy (non-hydrogen) atoms. The van der Waals surface area contributed by atoms with E-state index in [4.69, 9.17) is 20.2 Å². The van der Waals surface area contributed by atoms with Crippen LogP contribution in [0.3, 0.4) is 0 Å². The van der Waals surface area contributed by atoms with Gasteiger partial charge in [0.1, 0.15) is 0 Å². The fourth-order valence-electron chi connectivity index (χ4n) is 1.78. The van der Waals surface area contributed by atoms with Crippen molar-refractivity contribution in [3.63, 3.8) is 0 Å². The molecule has 10 heteroatoms. The van der Waals surface area contributed by atoms with Crippen LogP contribution in [0.4, 0.5) is 0 Å². The third-order valence-corrected chi connectivity index (χ3v) is 3.81. The summed E-state index contributed by atoms with van der Waals surface area (Å²) >= 11 is 0. The lowest BCUT2D eigenvalue weighted by molar-refractivity contribution is 0.185. The van der Waals surface area contributed by atoms with E-state index >= 15 is 0 Å². The van der Waals surface area contributed by atoms with E-state index in [0.29, 0.717) is 11.4 Å². The molecule has 114 valence electrons. The van der Waals surface area contributed by atoms with Crippen molar-refractivity contribution in [3.05, 3.63) is 18.3 Å². The molecule has 0 spiro atoms. The molecule has 0 fully saturated rings. The van der Waals surface area contributed by atoms with Gasteiger partial charge in [-0.15, -0.1) is 10.2 Å². The largest absolute Gasteiger partial charge is 0.480 e. The first-order valence-electron chi connectivity index (χ1n) is 5.85. The Morgan fingerprint density at radius 3 is 2.71 bits per heavy atom. The SMILES string of the molecule is COCCn1c(-c2cccnc2OC)nnc1S(=O)(=O)Cl. The van der Waals surface area contributed by atoms with Crippen LogP contribution in [0.15, 0.2) is 23.5 Å². The highest BCUT2D eigenvalue weighted by molar-refractivity contribution is 8.13. The third kappa shape index (κ3) is 3.31. The van der Waals surface area contributed by atoms with Crippen molar-refractivity contribution in [1.82, 2.24) is 19.7 Å². The summed E-state index contributed by atoms with van der Waals surface area (Å²) in [6, 6.07) is 3.38. The summed E-state index contributed by atoms with van der Waals surface area (Å²) in [5.74, 6) is 0.596. The maximum atomic E-state index is 11.6. The van der Waals surface area contributed by atoms with Crippen molar-refractivity contribution in [3.8, 4) is 17.3 Å². The Kier molecular flexibility index (Phi) is 4.76. The number of aromatic nitrogens is 4. The highest BCUT2D eigenvalue weighted by atomic mass is 35.7. The predicted molar refractivity (Wildman–Crippen MR) is 74.7 cm³/mol. The van der Waals surface area contributed by atoms with Crippen molar-refractivity contribution < 1.29 is 17.9 Å². The number of hydrogen-bond acceptors (Lipinski definition) is 7. The lowest BCUT2D eigenvalue weighted by Crippen LogP contribution is -2.12. The second-order valence-electron chi connectivity index (χ2n) is 3.95. The molecule has 0 aromatic carbocycles. The van der Waals surface area contributed by atoms with Crippen LogP contribution >= 0.6 is 10.7 Å². The molecular formula is C11H13ClN4O4S. The van der Waals surface area contributed by atoms with Crippen LogP contribution in [0.5, 0.6) is 5.88 Å². The molecule has 0 atom stereocenters. The van der Waals surface area contributed by atoms with Gasteiger partial charge in [0.15, 0.2) is 5.82 Å². The van der Waals surface area contributed by atoms with Crippen LogP contribution in [0, 0.1) is 0 Å². The second kappa shape index (κ2) is 6.37. The van der Waals surface area contributed by atoms with Crippen molar-refractivity contribution in [2.75, 3.05) is 20.8 Å². The minimum atomic E-state index is -4.03. The van der Waals surface area contributed by atoms with Crippen LogP contribution in [-0.4, -0.2) is 49.0 Å². The van der Waals surface area contributed by atoms with Gasteiger partial charge in [0.2, 0.25) is 5.88 Å². The second-order valence-corrected chi connectivity index (χ2v) is 6.41. The van der Waals surface area contributed by atoms with E-state index in [9.17, 15) is 8.42 Å². The van der Waals surface area contributed by atoms with E-state index in [2.05, 4.69) is 15.2 Å². The number of halogens is 1. The Morgan fingerprint density at radius 2 is 2.10 bits per heavy atom. The fraction of sp³-hybridized carbons (Fsp3) is 0.364. The van der Waals surface area contributed by atoms with E-state index in [1.54, 1.807) is 18.3 Å². The van der Waals surface area contributed by atoms with Crippen LogP contribution in [0.25, 0.3) is 11.4 Å². The number of pyridine rings is 1. The Morgan fingerprint density at radius 1 is 1.33 bits per heavy atom. The smallest absolute Gasteiger partial charge is 0.296 e. The molecule has 0 saturated carbocycles. The van der Waals surface area contributed by atoms with Gasteiger partial charge in [0.25, 0.3) is 14.2 Å². The summed E-state index contributed by atoms with van der Waals surface area (Å²) in [6.07, 6.45) is 1.55. The van der Waals surface area contributed by atoms with E-state index in [0.717, 1.165) is 0 Å². The monoisotopic (exact) mass is 332 g/mol. The molecular weight excluding hydrogens is 320 g/mol. The van der Waals surface area contributed by atoms with Gasteiger partial charge in [-0.25, -0.2) is 13.4 Å². The molecule has 0 aliphatic carbocycles. The number of nitrogens with zero attached hydrogens (tertiary/aromatic N) is 4. The van der Waals surface area contributed by atoms with Crippen molar-refractivity contribution in [2.24, 2.45) is 0 Å². The molecule has 0 saturated heterocycles. The molecule has 2 aromatic heterocycles. The van der Waals surface area contributed by atoms with Gasteiger partial charge < -0.3 is 9.47 Å². The first kappa shape index (κ1) is 15.7. The zero-order valence-corrected chi connectivity index (χ0v) is 12.9. The quantitative estimate of drug-likeness (QED) is 0.726. The highest BCUT2D eigenvalue weighted by Crippen LogP contribution is 2.28. The molecule has 0 aliphatic heterocycles. The first-order chi connectivity index (χ1) is 9.99. The number of methoxy groups -OCH3 is 2. The fourth-order valence-corrected chi connectivity index (χ4v) is 2.70. The van der Waals surface area contributed by atoms with Gasteiger partial charge >= 0.3 is 0 Å². The minimum Gasteiger partial charge on any atom is -0.480 e. The average molecular weight is 333 g/mol. The number of ether oxygens (including phenoxy) is 2. The van der Waals surface area contributed by atoms with Crippen LogP contribution < -0.4 is 4.74 Å². The lowest BCUT2D eigenvalue weighted by Gasteiger charge is -2.10. The summed E-state index contributed by atoms with van der Waals surface area (Å²) in [4.78, 5) is 4.05. The first-order valence-corrected chi connectivity index (χ1v) is 8.16. The molecule has 0 bridgehead atoms. The summed E-state index contributed by atoms with van der Waals surface area (Å²) in [7, 11) is 4.32. The van der Waals surface area contributed by atoms with Gasteiger partial charge in [0, 0.05) is 24.0 Å². The zero-order chi connectivity index (χ0) is 15.5. The lowest BCUT2D eigenvalue weighted by atomic mass is 10.2. The van der Waals surface area contributed by atoms with Gasteiger partial charge in [-0.2, -0.15) is 0 Å². The van der Waals surface area contributed by atoms with E-state index in [1.807, 2.05) is 0 Å². The molecule has 0 aliphatic rings. The molecule has 0 amide bonds. The molecule has 0 N–H and O–H groups in total. The summed E-state index contributed by atoms with van der Waals surface area (Å²) in [5.41, 5.74) is 0.509.